The van der Waals surface area contributed by atoms with Crippen molar-refractivity contribution in [2.24, 2.45) is 5.92 Å². The molecule has 1 amide bonds. The quantitative estimate of drug-likeness (QED) is 0.442. The van der Waals surface area contributed by atoms with Crippen molar-refractivity contribution in [1.29, 1.82) is 0 Å². The van der Waals surface area contributed by atoms with E-state index >= 15 is 0 Å². The molecule has 31 heavy (non-hydrogen) atoms. The monoisotopic (exact) mass is 432 g/mol. The van der Waals surface area contributed by atoms with Gasteiger partial charge >= 0.3 is 0 Å². The molecule has 0 atom stereocenters. The Morgan fingerprint density at radius 1 is 1.10 bits per heavy atom. The number of rotatable bonds is 5. The maximum Gasteiger partial charge on any atom is 0.291 e. The summed E-state index contributed by atoms with van der Waals surface area (Å²) in [6.07, 6.45) is 2.78. The molecule has 1 fully saturated rings. The van der Waals surface area contributed by atoms with Crippen LogP contribution in [0.1, 0.15) is 29.2 Å². The summed E-state index contributed by atoms with van der Waals surface area (Å²) < 4.78 is 63.2. The number of hydrogen-bond acceptors (Lipinski definition) is 4. The lowest BCUT2D eigenvalue weighted by Gasteiger charge is -2.16. The summed E-state index contributed by atoms with van der Waals surface area (Å²) in [5.41, 5.74) is 0.546. The second-order valence-electron chi connectivity index (χ2n) is 7.72. The van der Waals surface area contributed by atoms with E-state index in [1.54, 1.807) is 16.4 Å². The summed E-state index contributed by atoms with van der Waals surface area (Å²) in [5.74, 6) is -4.79. The minimum atomic E-state index is -1.16. The number of fused-ring (bicyclic) bond motifs is 1. The molecule has 1 aromatic carbocycles. The van der Waals surface area contributed by atoms with Gasteiger partial charge in [0.1, 0.15) is 11.6 Å². The fraction of sp³-hybridized carbons (Fsp3) is 0.286. The van der Waals surface area contributed by atoms with Gasteiger partial charge in [0.15, 0.2) is 17.3 Å². The number of aryl methyl sites for hydroxylation is 1. The number of pyridine rings is 1. The van der Waals surface area contributed by atoms with E-state index in [4.69, 9.17) is 4.74 Å². The minimum absolute atomic E-state index is 0.111. The number of hydrogen-bond donors (Lipinski definition) is 0. The highest BCUT2D eigenvalue weighted by molar-refractivity contribution is 5.94. The van der Waals surface area contributed by atoms with Gasteiger partial charge in [0.2, 0.25) is 5.82 Å². The fourth-order valence-corrected chi connectivity index (χ4v) is 3.73. The standard InChI is InChI=1S/C21H16F4N4O2/c1-10-18(29-9-28(8-11-2-3-11)21(30)20(29)27-10)13-5-15(24)16(6-14(13)23)31-17-4-12(22)7-26-19(17)25/h4-7,11H,2-3,8-9H2,1H3. The molecular formula is C21H16F4N4O2. The molecule has 3 heterocycles. The van der Waals surface area contributed by atoms with E-state index < -0.39 is 34.9 Å². The van der Waals surface area contributed by atoms with E-state index in [0.717, 1.165) is 25.0 Å². The van der Waals surface area contributed by atoms with Crippen molar-refractivity contribution in [2.75, 3.05) is 6.54 Å². The van der Waals surface area contributed by atoms with Crippen molar-refractivity contribution >= 4 is 5.91 Å². The van der Waals surface area contributed by atoms with Crippen molar-refractivity contribution in [3.8, 4) is 22.8 Å². The summed E-state index contributed by atoms with van der Waals surface area (Å²) in [5, 5.41) is 0. The van der Waals surface area contributed by atoms with E-state index in [2.05, 4.69) is 9.97 Å². The third-order valence-electron chi connectivity index (χ3n) is 5.38. The highest BCUT2D eigenvalue weighted by atomic mass is 19.1. The molecule has 6 nitrogen and oxygen atoms in total. The van der Waals surface area contributed by atoms with Crippen LogP contribution in [0.3, 0.4) is 0 Å². The number of nitrogens with zero attached hydrogens (tertiary/aromatic N) is 4. The zero-order valence-electron chi connectivity index (χ0n) is 16.3. The van der Waals surface area contributed by atoms with Crippen molar-refractivity contribution in [3.63, 3.8) is 0 Å². The van der Waals surface area contributed by atoms with Crippen molar-refractivity contribution in [1.82, 2.24) is 19.4 Å². The Labute approximate surface area is 174 Å². The number of benzene rings is 1. The number of ether oxygens (including phenoxy) is 1. The lowest BCUT2D eigenvalue weighted by Crippen LogP contribution is -2.27. The lowest BCUT2D eigenvalue weighted by atomic mass is 10.1. The van der Waals surface area contributed by atoms with Crippen molar-refractivity contribution in [2.45, 2.75) is 26.4 Å². The van der Waals surface area contributed by atoms with Crippen LogP contribution in [0, 0.1) is 36.2 Å². The van der Waals surface area contributed by atoms with E-state index in [1.165, 1.54) is 0 Å². The third kappa shape index (κ3) is 3.41. The second-order valence-corrected chi connectivity index (χ2v) is 7.72. The summed E-state index contributed by atoms with van der Waals surface area (Å²) >= 11 is 0. The SMILES string of the molecule is Cc1nc2n(c1-c1cc(F)c(Oc3cc(F)cnc3F)cc1F)CN(CC1CC1)C2=O. The summed E-state index contributed by atoms with van der Waals surface area (Å²) in [6.45, 7) is 2.42. The Hall–Kier alpha value is -3.43. The first-order chi connectivity index (χ1) is 14.8. The van der Waals surface area contributed by atoms with E-state index in [0.29, 0.717) is 30.4 Å². The van der Waals surface area contributed by atoms with Crippen LogP contribution < -0.4 is 4.74 Å². The predicted octanol–water partition coefficient (Wildman–Crippen LogP) is 4.43. The lowest BCUT2D eigenvalue weighted by molar-refractivity contribution is 0.0758. The first kappa shape index (κ1) is 19.5. The third-order valence-corrected chi connectivity index (χ3v) is 5.38. The largest absolute Gasteiger partial charge is 0.449 e. The minimum Gasteiger partial charge on any atom is -0.449 e. The summed E-state index contributed by atoms with van der Waals surface area (Å²) in [6, 6.07) is 2.31. The smallest absolute Gasteiger partial charge is 0.291 e. The molecule has 1 aliphatic carbocycles. The molecule has 1 saturated carbocycles. The van der Waals surface area contributed by atoms with Crippen LogP contribution in [-0.2, 0) is 6.67 Å². The van der Waals surface area contributed by atoms with Gasteiger partial charge in [-0.15, -0.1) is 0 Å². The highest BCUT2D eigenvalue weighted by Gasteiger charge is 2.36. The van der Waals surface area contributed by atoms with Crippen LogP contribution in [0.5, 0.6) is 11.5 Å². The van der Waals surface area contributed by atoms with Crippen LogP contribution in [0.15, 0.2) is 24.4 Å². The first-order valence-corrected chi connectivity index (χ1v) is 9.66. The van der Waals surface area contributed by atoms with Crippen LogP contribution in [-0.4, -0.2) is 31.9 Å². The molecular weight excluding hydrogens is 416 g/mol. The molecule has 3 aromatic rings. The maximum absolute atomic E-state index is 15.0. The van der Waals surface area contributed by atoms with Gasteiger partial charge in [0, 0.05) is 24.2 Å². The van der Waals surface area contributed by atoms with Crippen molar-refractivity contribution in [3.05, 3.63) is 59.3 Å². The van der Waals surface area contributed by atoms with Crippen LogP contribution in [0.25, 0.3) is 11.3 Å². The number of carbonyl (C=O) groups excluding carboxylic acids is 1. The average molecular weight is 432 g/mol. The molecule has 2 aromatic heterocycles. The molecule has 1 aliphatic heterocycles. The molecule has 0 bridgehead atoms. The maximum atomic E-state index is 15.0. The van der Waals surface area contributed by atoms with Gasteiger partial charge in [-0.1, -0.05) is 0 Å². The average Bonchev–Trinajstić information content (AvgIpc) is 3.42. The van der Waals surface area contributed by atoms with E-state index in [-0.39, 0.29) is 29.7 Å². The second kappa shape index (κ2) is 7.07. The van der Waals surface area contributed by atoms with E-state index in [1.807, 2.05) is 0 Å². The van der Waals surface area contributed by atoms with Gasteiger partial charge in [-0.25, -0.2) is 23.1 Å². The molecule has 5 rings (SSSR count). The fourth-order valence-electron chi connectivity index (χ4n) is 3.73. The van der Waals surface area contributed by atoms with Gasteiger partial charge in [0.25, 0.3) is 11.9 Å². The number of aromatic nitrogens is 3. The molecule has 0 unspecified atom stereocenters. The van der Waals surface area contributed by atoms with Gasteiger partial charge in [-0.05, 0) is 31.7 Å². The normalized spacial score (nSPS) is 15.5. The zero-order valence-corrected chi connectivity index (χ0v) is 16.3. The molecule has 10 heteroatoms. The summed E-state index contributed by atoms with van der Waals surface area (Å²) in [7, 11) is 0. The van der Waals surface area contributed by atoms with E-state index in [9.17, 15) is 22.4 Å². The molecule has 0 radical (unpaired) electrons. The Bertz CT molecular complexity index is 1220. The van der Waals surface area contributed by atoms with Gasteiger partial charge in [0.05, 0.1) is 24.3 Å². The van der Waals surface area contributed by atoms with Crippen LogP contribution in [0.4, 0.5) is 17.6 Å². The number of halogens is 4. The number of carbonyl (C=O) groups is 1. The van der Waals surface area contributed by atoms with Crippen LogP contribution in [0.2, 0.25) is 0 Å². The zero-order chi connectivity index (χ0) is 21.9. The Balaban J connectivity index is 1.50. The predicted molar refractivity (Wildman–Crippen MR) is 100 cm³/mol. The van der Waals surface area contributed by atoms with Crippen LogP contribution >= 0.6 is 0 Å². The van der Waals surface area contributed by atoms with Gasteiger partial charge in [-0.3, -0.25) is 4.79 Å². The first-order valence-electron chi connectivity index (χ1n) is 9.66. The molecule has 2 aliphatic rings. The van der Waals surface area contributed by atoms with Gasteiger partial charge < -0.3 is 14.2 Å². The van der Waals surface area contributed by atoms with Crippen molar-refractivity contribution < 1.29 is 27.1 Å². The highest BCUT2D eigenvalue weighted by Crippen LogP contribution is 2.37. The molecule has 0 spiro atoms. The topological polar surface area (TPSA) is 60.2 Å². The summed E-state index contributed by atoms with van der Waals surface area (Å²) in [4.78, 5) is 21.7. The van der Waals surface area contributed by atoms with Gasteiger partial charge in [-0.2, -0.15) is 4.39 Å². The Kier molecular flexibility index (Phi) is 4.45. The molecule has 160 valence electrons. The Morgan fingerprint density at radius 3 is 2.61 bits per heavy atom. The molecule has 0 saturated heterocycles. The number of imidazole rings is 1. The number of amides is 1. The Morgan fingerprint density at radius 2 is 1.87 bits per heavy atom. The molecule has 0 N–H and O–H groups in total.